The molecule has 0 aliphatic heterocycles. The van der Waals surface area contributed by atoms with Crippen molar-refractivity contribution in [3.63, 3.8) is 0 Å². The Bertz CT molecular complexity index is 902. The summed E-state index contributed by atoms with van der Waals surface area (Å²) in [7, 11) is -2.51. The number of halogens is 1. The molecule has 0 saturated heterocycles. The van der Waals surface area contributed by atoms with Crippen molar-refractivity contribution >= 4 is 21.4 Å². The number of sulfonamides is 1. The van der Waals surface area contributed by atoms with Crippen LogP contribution >= 0.6 is 11.3 Å². The summed E-state index contributed by atoms with van der Waals surface area (Å²) >= 11 is 1.53. The molecule has 0 bridgehead atoms. The maximum Gasteiger partial charge on any atom is 0.240 e. The number of rotatable bonds is 7. The van der Waals surface area contributed by atoms with Crippen molar-refractivity contribution in [2.75, 3.05) is 13.7 Å². The van der Waals surface area contributed by atoms with Crippen molar-refractivity contribution in [3.8, 4) is 5.75 Å². The summed E-state index contributed by atoms with van der Waals surface area (Å²) in [6.07, 6.45) is 3.28. The highest BCUT2D eigenvalue weighted by molar-refractivity contribution is 7.89. The van der Waals surface area contributed by atoms with Crippen LogP contribution in [0.1, 0.15) is 48.5 Å². The predicted octanol–water partition coefficient (Wildman–Crippen LogP) is 3.74. The quantitative estimate of drug-likeness (QED) is 0.725. The van der Waals surface area contributed by atoms with Crippen LogP contribution in [0.25, 0.3) is 0 Å². The highest BCUT2D eigenvalue weighted by Gasteiger charge is 2.38. The number of ether oxygens (including phenoxy) is 1. The van der Waals surface area contributed by atoms with Crippen molar-refractivity contribution < 1.29 is 22.7 Å². The average Bonchev–Trinajstić information content (AvgIpc) is 3.30. The third-order valence-electron chi connectivity index (χ3n) is 5.16. The highest BCUT2D eigenvalue weighted by Crippen LogP contribution is 2.44. The van der Waals surface area contributed by atoms with Crippen molar-refractivity contribution in [1.82, 2.24) is 4.72 Å². The fourth-order valence-electron chi connectivity index (χ4n) is 3.56. The monoisotopic (exact) mass is 413 g/mol. The number of hydrogen-bond acceptors (Lipinski definition) is 5. The molecule has 0 spiro atoms. The van der Waals surface area contributed by atoms with Gasteiger partial charge in [0.05, 0.1) is 18.1 Å². The molecule has 1 fully saturated rings. The second-order valence-corrected chi connectivity index (χ2v) is 9.87. The van der Waals surface area contributed by atoms with E-state index in [0.717, 1.165) is 41.5 Å². The van der Waals surface area contributed by atoms with Crippen LogP contribution in [0.2, 0.25) is 0 Å². The summed E-state index contributed by atoms with van der Waals surface area (Å²) in [4.78, 5) is 1.83. The van der Waals surface area contributed by atoms with Crippen molar-refractivity contribution in [3.05, 3.63) is 45.9 Å². The highest BCUT2D eigenvalue weighted by atomic mass is 32.2. The zero-order valence-corrected chi connectivity index (χ0v) is 17.0. The predicted molar refractivity (Wildman–Crippen MR) is 103 cm³/mol. The molecule has 1 aliphatic rings. The van der Waals surface area contributed by atoms with Gasteiger partial charge in [-0.1, -0.05) is 12.8 Å². The van der Waals surface area contributed by atoms with Gasteiger partial charge in [0.15, 0.2) is 11.6 Å². The second-order valence-electron chi connectivity index (χ2n) is 6.99. The number of aliphatic hydroxyl groups excluding tert-OH is 1. The first-order chi connectivity index (χ1) is 12.8. The number of thiophene rings is 1. The molecule has 1 unspecified atom stereocenters. The summed E-state index contributed by atoms with van der Waals surface area (Å²) in [5, 5.41) is 9.79. The van der Waals surface area contributed by atoms with E-state index in [0.29, 0.717) is 0 Å². The van der Waals surface area contributed by atoms with Crippen LogP contribution < -0.4 is 9.46 Å². The van der Waals surface area contributed by atoms with E-state index >= 15 is 0 Å². The lowest BCUT2D eigenvalue weighted by atomic mass is 9.85. The fraction of sp³-hybridized carbons (Fsp3) is 0.474. The first-order valence-corrected chi connectivity index (χ1v) is 11.2. The Morgan fingerprint density at radius 2 is 2.00 bits per heavy atom. The Morgan fingerprint density at radius 1 is 1.30 bits per heavy atom. The molecule has 1 atom stereocenters. The molecule has 27 heavy (non-hydrogen) atoms. The van der Waals surface area contributed by atoms with Gasteiger partial charge in [0, 0.05) is 21.7 Å². The molecule has 2 N–H and O–H groups in total. The Hall–Kier alpha value is -1.48. The molecule has 3 rings (SSSR count). The van der Waals surface area contributed by atoms with Gasteiger partial charge in [0.25, 0.3) is 0 Å². The molecule has 1 aromatic carbocycles. The summed E-state index contributed by atoms with van der Waals surface area (Å²) in [5.74, 6) is -0.707. The SMILES string of the molecule is COc1ccc(S(=O)(=O)NCC2(c3ccc(C(C)O)s3)CCCC2)cc1F. The topological polar surface area (TPSA) is 75.6 Å². The summed E-state index contributed by atoms with van der Waals surface area (Å²) in [6.45, 7) is 1.97. The number of benzene rings is 1. The maximum absolute atomic E-state index is 13.9. The summed E-state index contributed by atoms with van der Waals surface area (Å²) in [6, 6.07) is 7.50. The zero-order valence-electron chi connectivity index (χ0n) is 15.4. The minimum absolute atomic E-state index is 0.00505. The lowest BCUT2D eigenvalue weighted by Crippen LogP contribution is -2.38. The van der Waals surface area contributed by atoms with Gasteiger partial charge in [0.2, 0.25) is 10.0 Å². The number of methoxy groups -OCH3 is 1. The van der Waals surface area contributed by atoms with Gasteiger partial charge in [-0.25, -0.2) is 17.5 Å². The second kappa shape index (κ2) is 7.87. The zero-order chi connectivity index (χ0) is 19.7. The van der Waals surface area contributed by atoms with Crippen LogP contribution in [-0.4, -0.2) is 27.2 Å². The molecule has 148 valence electrons. The van der Waals surface area contributed by atoms with E-state index in [1.807, 2.05) is 12.1 Å². The van der Waals surface area contributed by atoms with E-state index in [1.54, 1.807) is 6.92 Å². The van der Waals surface area contributed by atoms with E-state index in [2.05, 4.69) is 4.72 Å². The molecular weight excluding hydrogens is 389 g/mol. The van der Waals surface area contributed by atoms with Crippen molar-refractivity contribution in [2.45, 2.75) is 49.0 Å². The smallest absolute Gasteiger partial charge is 0.240 e. The van der Waals surface area contributed by atoms with Gasteiger partial charge in [-0.2, -0.15) is 0 Å². The van der Waals surface area contributed by atoms with Gasteiger partial charge in [0.1, 0.15) is 0 Å². The van der Waals surface area contributed by atoms with Gasteiger partial charge in [-0.15, -0.1) is 11.3 Å². The normalized spacial score (nSPS) is 17.8. The fourth-order valence-corrected chi connectivity index (χ4v) is 5.88. The lowest BCUT2D eigenvalue weighted by molar-refractivity contribution is 0.203. The Balaban J connectivity index is 1.82. The Labute approximate surface area is 163 Å². The molecule has 0 radical (unpaired) electrons. The van der Waals surface area contributed by atoms with Crippen LogP contribution in [0, 0.1) is 5.82 Å². The van der Waals surface area contributed by atoms with Crippen LogP contribution in [0.3, 0.4) is 0 Å². The van der Waals surface area contributed by atoms with Crippen molar-refractivity contribution in [1.29, 1.82) is 0 Å². The Kier molecular flexibility index (Phi) is 5.90. The standard InChI is InChI=1S/C19H24FNO4S2/c1-13(22)17-7-8-18(26-17)19(9-3-4-10-19)12-21-27(23,24)14-5-6-16(25-2)15(20)11-14/h5-8,11,13,21-22H,3-4,9-10,12H2,1-2H3. The first kappa shape index (κ1) is 20.3. The van der Waals surface area contributed by atoms with E-state index in [9.17, 15) is 17.9 Å². The Morgan fingerprint density at radius 3 is 2.56 bits per heavy atom. The van der Waals surface area contributed by atoms with Crippen LogP contribution in [0.15, 0.2) is 35.2 Å². The number of hydrogen-bond donors (Lipinski definition) is 2. The van der Waals surface area contributed by atoms with Crippen LogP contribution in [0.5, 0.6) is 5.75 Å². The molecule has 1 aliphatic carbocycles. The molecular formula is C19H24FNO4S2. The lowest BCUT2D eigenvalue weighted by Gasteiger charge is -2.28. The number of nitrogens with one attached hydrogen (secondary N) is 1. The van der Waals surface area contributed by atoms with Crippen molar-refractivity contribution in [2.24, 2.45) is 0 Å². The van der Waals surface area contributed by atoms with E-state index < -0.39 is 21.9 Å². The third-order valence-corrected chi connectivity index (χ3v) is 8.06. The van der Waals surface area contributed by atoms with Gasteiger partial charge in [-0.05, 0) is 50.1 Å². The third kappa shape index (κ3) is 4.18. The average molecular weight is 414 g/mol. The molecule has 1 saturated carbocycles. The van der Waals surface area contributed by atoms with E-state index in [1.165, 1.54) is 30.6 Å². The molecule has 0 amide bonds. The maximum atomic E-state index is 13.9. The summed E-state index contributed by atoms with van der Waals surface area (Å²) < 4.78 is 46.8. The molecule has 8 heteroatoms. The van der Waals surface area contributed by atoms with Crippen LogP contribution in [0.4, 0.5) is 4.39 Å². The summed E-state index contributed by atoms with van der Waals surface area (Å²) in [5.41, 5.74) is -0.282. The molecule has 2 aromatic rings. The number of aliphatic hydroxyl groups is 1. The minimum Gasteiger partial charge on any atom is -0.494 e. The molecule has 1 aromatic heterocycles. The largest absolute Gasteiger partial charge is 0.494 e. The van der Waals surface area contributed by atoms with Gasteiger partial charge in [-0.3, -0.25) is 0 Å². The van der Waals surface area contributed by atoms with Gasteiger partial charge >= 0.3 is 0 Å². The van der Waals surface area contributed by atoms with Gasteiger partial charge < -0.3 is 9.84 Å². The molecule has 1 heterocycles. The van der Waals surface area contributed by atoms with E-state index in [-0.39, 0.29) is 22.6 Å². The molecule has 5 nitrogen and oxygen atoms in total. The first-order valence-electron chi connectivity index (χ1n) is 8.89. The van der Waals surface area contributed by atoms with Crippen LogP contribution in [-0.2, 0) is 15.4 Å². The van der Waals surface area contributed by atoms with E-state index in [4.69, 9.17) is 4.74 Å². The minimum atomic E-state index is -3.84.